The molecule has 0 amide bonds. The van der Waals surface area contributed by atoms with Crippen molar-refractivity contribution >= 4 is 15.9 Å². The van der Waals surface area contributed by atoms with E-state index in [0.29, 0.717) is 6.54 Å². The van der Waals surface area contributed by atoms with Crippen molar-refractivity contribution in [1.82, 2.24) is 5.32 Å². The van der Waals surface area contributed by atoms with Crippen molar-refractivity contribution in [2.75, 3.05) is 6.54 Å². The van der Waals surface area contributed by atoms with Gasteiger partial charge in [-0.05, 0) is 31.0 Å². The highest BCUT2D eigenvalue weighted by Gasteiger charge is 2.11. The Kier molecular flexibility index (Phi) is 5.01. The largest absolute Gasteiger partial charge is 0.329 e. The van der Waals surface area contributed by atoms with E-state index in [4.69, 9.17) is 12.2 Å². The molecule has 0 aliphatic carbocycles. The molecule has 0 aliphatic heterocycles. The summed E-state index contributed by atoms with van der Waals surface area (Å²) < 4.78 is 1.11. The Morgan fingerprint density at radius 3 is 2.75 bits per heavy atom. The van der Waals surface area contributed by atoms with Crippen LogP contribution in [-0.4, -0.2) is 12.6 Å². The van der Waals surface area contributed by atoms with Gasteiger partial charge in [-0.25, -0.2) is 0 Å². The highest BCUT2D eigenvalue weighted by Crippen LogP contribution is 2.21. The van der Waals surface area contributed by atoms with E-state index >= 15 is 0 Å². The van der Waals surface area contributed by atoms with Crippen LogP contribution >= 0.6 is 15.9 Å². The summed E-state index contributed by atoms with van der Waals surface area (Å²) in [6.07, 6.45) is 5.35. The highest BCUT2D eigenvalue weighted by molar-refractivity contribution is 9.10. The van der Waals surface area contributed by atoms with E-state index in [1.54, 1.807) is 0 Å². The van der Waals surface area contributed by atoms with E-state index in [9.17, 15) is 0 Å². The van der Waals surface area contributed by atoms with Crippen LogP contribution in [0.25, 0.3) is 0 Å². The molecule has 3 heteroatoms. The maximum atomic E-state index is 5.75. The van der Waals surface area contributed by atoms with Crippen molar-refractivity contribution in [3.63, 3.8) is 0 Å². The van der Waals surface area contributed by atoms with Gasteiger partial charge in [0.2, 0.25) is 0 Å². The zero-order valence-electron chi connectivity index (χ0n) is 9.63. The molecule has 0 bridgehead atoms. The fourth-order valence-electron chi connectivity index (χ4n) is 1.53. The number of hydrogen-bond donors (Lipinski definition) is 2. The van der Waals surface area contributed by atoms with Gasteiger partial charge in [-0.15, -0.1) is 6.42 Å². The van der Waals surface area contributed by atoms with E-state index in [1.165, 1.54) is 11.1 Å². The molecule has 3 N–H and O–H groups in total. The topological polar surface area (TPSA) is 38.0 Å². The molecule has 0 radical (unpaired) electrons. The van der Waals surface area contributed by atoms with Gasteiger partial charge in [0.25, 0.3) is 0 Å². The molecule has 86 valence electrons. The Morgan fingerprint density at radius 2 is 2.25 bits per heavy atom. The van der Waals surface area contributed by atoms with Crippen molar-refractivity contribution in [1.29, 1.82) is 0 Å². The highest BCUT2D eigenvalue weighted by atomic mass is 79.9. The first-order valence-electron chi connectivity index (χ1n) is 5.26. The Morgan fingerprint density at radius 1 is 1.56 bits per heavy atom. The van der Waals surface area contributed by atoms with Crippen molar-refractivity contribution in [3.8, 4) is 12.3 Å². The monoisotopic (exact) mass is 280 g/mol. The molecule has 0 aliphatic rings. The normalized spacial score (nSPS) is 14.2. The lowest BCUT2D eigenvalue weighted by Gasteiger charge is -2.20. The van der Waals surface area contributed by atoms with E-state index < -0.39 is 0 Å². The number of aryl methyl sites for hydroxylation is 1. The first-order chi connectivity index (χ1) is 7.58. The zero-order valence-corrected chi connectivity index (χ0v) is 11.2. The van der Waals surface area contributed by atoms with Crippen LogP contribution in [0.15, 0.2) is 22.7 Å². The molecule has 1 rings (SSSR count). The molecule has 0 spiro atoms. The Hall–Kier alpha value is -0.820. The second kappa shape index (κ2) is 6.05. The van der Waals surface area contributed by atoms with Crippen LogP contribution in [0.5, 0.6) is 0 Å². The minimum Gasteiger partial charge on any atom is -0.329 e. The maximum Gasteiger partial charge on any atom is 0.0663 e. The molecule has 0 heterocycles. The van der Waals surface area contributed by atoms with Gasteiger partial charge in [-0.1, -0.05) is 34.0 Å². The summed E-state index contributed by atoms with van der Waals surface area (Å²) in [4.78, 5) is 0. The molecule has 2 atom stereocenters. The molecular weight excluding hydrogens is 264 g/mol. The average Bonchev–Trinajstić information content (AvgIpc) is 2.29. The number of benzene rings is 1. The second-order valence-electron chi connectivity index (χ2n) is 3.85. The third-order valence-corrected chi connectivity index (χ3v) is 3.41. The van der Waals surface area contributed by atoms with Gasteiger partial charge in [0.1, 0.15) is 0 Å². The Labute approximate surface area is 106 Å². The van der Waals surface area contributed by atoms with Crippen LogP contribution in [0.4, 0.5) is 0 Å². The van der Waals surface area contributed by atoms with Crippen molar-refractivity contribution in [3.05, 3.63) is 33.8 Å². The van der Waals surface area contributed by atoms with Crippen LogP contribution in [-0.2, 0) is 0 Å². The molecular formula is C13H17BrN2. The van der Waals surface area contributed by atoms with Gasteiger partial charge in [-0.3, -0.25) is 5.32 Å². The van der Waals surface area contributed by atoms with Crippen LogP contribution in [0.1, 0.15) is 24.1 Å². The van der Waals surface area contributed by atoms with Gasteiger partial charge in [-0.2, -0.15) is 0 Å². The Bertz CT molecular complexity index is 395. The van der Waals surface area contributed by atoms with Crippen LogP contribution in [0, 0.1) is 19.3 Å². The lowest BCUT2D eigenvalue weighted by atomic mass is 10.0. The summed E-state index contributed by atoms with van der Waals surface area (Å²) in [5.74, 6) is 2.65. The van der Waals surface area contributed by atoms with Crippen molar-refractivity contribution in [2.24, 2.45) is 5.73 Å². The van der Waals surface area contributed by atoms with E-state index in [2.05, 4.69) is 46.2 Å². The number of hydrogen-bond acceptors (Lipinski definition) is 2. The minimum atomic E-state index is 0.0255. The third kappa shape index (κ3) is 3.34. The lowest BCUT2D eigenvalue weighted by molar-refractivity contribution is 0.518. The third-order valence-electron chi connectivity index (χ3n) is 2.52. The standard InChI is InChI=1S/C13H17BrN2/c1-4-10(3)16-13(8-15)11-5-6-12(14)9(2)7-11/h1,5-7,10,13,16H,8,15H2,2-3H3. The molecule has 2 unspecified atom stereocenters. The van der Waals surface area contributed by atoms with Crippen LogP contribution in [0.2, 0.25) is 0 Å². The molecule has 1 aromatic carbocycles. The molecule has 2 nitrogen and oxygen atoms in total. The first-order valence-corrected chi connectivity index (χ1v) is 6.06. The zero-order chi connectivity index (χ0) is 12.1. The van der Waals surface area contributed by atoms with Gasteiger partial charge in [0, 0.05) is 17.1 Å². The van der Waals surface area contributed by atoms with Gasteiger partial charge < -0.3 is 5.73 Å². The van der Waals surface area contributed by atoms with Gasteiger partial charge in [0.15, 0.2) is 0 Å². The van der Waals surface area contributed by atoms with E-state index in [-0.39, 0.29) is 12.1 Å². The molecule has 1 aromatic rings. The van der Waals surface area contributed by atoms with Gasteiger partial charge >= 0.3 is 0 Å². The predicted molar refractivity (Wildman–Crippen MR) is 72.1 cm³/mol. The molecule has 0 saturated carbocycles. The summed E-state index contributed by atoms with van der Waals surface area (Å²) in [6.45, 7) is 4.55. The number of halogens is 1. The smallest absolute Gasteiger partial charge is 0.0663 e. The lowest BCUT2D eigenvalue weighted by Crippen LogP contribution is -2.34. The first kappa shape index (κ1) is 13.2. The molecule has 0 fully saturated rings. The van der Waals surface area contributed by atoms with Crippen molar-refractivity contribution in [2.45, 2.75) is 25.9 Å². The summed E-state index contributed by atoms with van der Waals surface area (Å²) >= 11 is 3.48. The summed E-state index contributed by atoms with van der Waals surface area (Å²) in [6, 6.07) is 6.36. The quantitative estimate of drug-likeness (QED) is 0.831. The van der Waals surface area contributed by atoms with Crippen LogP contribution in [0.3, 0.4) is 0 Å². The fourth-order valence-corrected chi connectivity index (χ4v) is 1.78. The predicted octanol–water partition coefficient (Wildman–Crippen LogP) is 2.37. The summed E-state index contributed by atoms with van der Waals surface area (Å²) in [5, 5.41) is 3.30. The molecule has 0 saturated heterocycles. The summed E-state index contributed by atoms with van der Waals surface area (Å²) in [5.41, 5.74) is 8.12. The van der Waals surface area contributed by atoms with Crippen molar-refractivity contribution < 1.29 is 0 Å². The fraction of sp³-hybridized carbons (Fsp3) is 0.385. The Balaban J connectivity index is 2.87. The number of nitrogens with one attached hydrogen (secondary N) is 1. The maximum absolute atomic E-state index is 5.75. The molecule has 0 aromatic heterocycles. The average molecular weight is 281 g/mol. The van der Waals surface area contributed by atoms with Crippen LogP contribution < -0.4 is 11.1 Å². The second-order valence-corrected chi connectivity index (χ2v) is 4.71. The minimum absolute atomic E-state index is 0.0255. The number of rotatable bonds is 4. The van der Waals surface area contributed by atoms with E-state index in [1.807, 2.05) is 13.0 Å². The molecule has 16 heavy (non-hydrogen) atoms. The summed E-state index contributed by atoms with van der Waals surface area (Å²) in [7, 11) is 0. The SMILES string of the molecule is C#CC(C)NC(CN)c1ccc(Br)c(C)c1. The number of terminal acetylenes is 1. The van der Waals surface area contributed by atoms with E-state index in [0.717, 1.165) is 4.47 Å². The van der Waals surface area contributed by atoms with Gasteiger partial charge in [0.05, 0.1) is 6.04 Å². The number of nitrogens with two attached hydrogens (primary N) is 1.